The predicted octanol–water partition coefficient (Wildman–Crippen LogP) is 1.51. The van der Waals surface area contributed by atoms with Crippen molar-refractivity contribution in [1.29, 1.82) is 0 Å². The largest absolute Gasteiger partial charge is 0.480 e. The Bertz CT molecular complexity index is 354. The number of hydrogen-bond acceptors (Lipinski definition) is 3. The molecule has 1 aromatic rings. The molecule has 0 aliphatic carbocycles. The number of benzene rings is 1. The lowest BCUT2D eigenvalue weighted by molar-refractivity contribution is -0.138. The number of rotatable bonds is 5. The summed E-state index contributed by atoms with van der Waals surface area (Å²) >= 11 is 3.36. The summed E-state index contributed by atoms with van der Waals surface area (Å²) in [5, 5.41) is 11.7. The molecule has 0 heterocycles. The van der Waals surface area contributed by atoms with Crippen LogP contribution in [0.3, 0.4) is 0 Å². The first-order chi connectivity index (χ1) is 7.50. The maximum Gasteiger partial charge on any atom is 0.321 e. The van der Waals surface area contributed by atoms with Gasteiger partial charge in [-0.15, -0.1) is 0 Å². The molecular formula is C11H15BrN2O2. The Morgan fingerprint density at radius 3 is 2.56 bits per heavy atom. The van der Waals surface area contributed by atoms with E-state index in [1.807, 2.05) is 31.2 Å². The van der Waals surface area contributed by atoms with E-state index in [-0.39, 0.29) is 12.6 Å². The fourth-order valence-electron chi connectivity index (χ4n) is 1.26. The molecule has 0 aromatic heterocycles. The van der Waals surface area contributed by atoms with Crippen LogP contribution in [0.1, 0.15) is 18.5 Å². The third-order valence-corrected chi connectivity index (χ3v) is 2.86. The lowest BCUT2D eigenvalue weighted by Gasteiger charge is -2.16. The van der Waals surface area contributed by atoms with Gasteiger partial charge in [0.2, 0.25) is 0 Å². The summed E-state index contributed by atoms with van der Waals surface area (Å²) < 4.78 is 1.02. The van der Waals surface area contributed by atoms with Crippen molar-refractivity contribution < 1.29 is 9.90 Å². The highest BCUT2D eigenvalue weighted by Gasteiger charge is 2.12. The maximum atomic E-state index is 10.5. The van der Waals surface area contributed by atoms with E-state index in [2.05, 4.69) is 21.2 Å². The zero-order valence-corrected chi connectivity index (χ0v) is 10.6. The van der Waals surface area contributed by atoms with Crippen LogP contribution in [-0.2, 0) is 4.79 Å². The topological polar surface area (TPSA) is 75.3 Å². The molecular weight excluding hydrogens is 272 g/mol. The highest BCUT2D eigenvalue weighted by molar-refractivity contribution is 9.10. The number of nitrogens with two attached hydrogens (primary N) is 1. The molecule has 1 rings (SSSR count). The highest BCUT2D eigenvalue weighted by atomic mass is 79.9. The lowest BCUT2D eigenvalue weighted by Crippen LogP contribution is -2.41. The highest BCUT2D eigenvalue weighted by Crippen LogP contribution is 2.16. The van der Waals surface area contributed by atoms with E-state index in [4.69, 9.17) is 10.8 Å². The third kappa shape index (κ3) is 3.92. The molecule has 2 unspecified atom stereocenters. The zero-order valence-electron chi connectivity index (χ0n) is 8.98. The molecule has 0 saturated carbocycles. The summed E-state index contributed by atoms with van der Waals surface area (Å²) in [6, 6.07) is 7.08. The molecule has 4 N–H and O–H groups in total. The van der Waals surface area contributed by atoms with E-state index in [9.17, 15) is 4.79 Å². The Kier molecular flexibility index (Phi) is 4.92. The molecule has 0 aliphatic heterocycles. The van der Waals surface area contributed by atoms with Crippen molar-refractivity contribution in [3.05, 3.63) is 34.3 Å². The Labute approximate surface area is 103 Å². The Hall–Kier alpha value is -0.910. The van der Waals surface area contributed by atoms with E-state index < -0.39 is 12.0 Å². The number of carboxylic acid groups (broad SMARTS) is 1. The molecule has 0 bridgehead atoms. The van der Waals surface area contributed by atoms with Gasteiger partial charge >= 0.3 is 5.97 Å². The van der Waals surface area contributed by atoms with E-state index in [1.165, 1.54) is 0 Å². The molecule has 4 nitrogen and oxygen atoms in total. The van der Waals surface area contributed by atoms with Crippen LogP contribution in [0.25, 0.3) is 0 Å². The van der Waals surface area contributed by atoms with Crippen molar-refractivity contribution in [1.82, 2.24) is 5.32 Å². The molecule has 5 heteroatoms. The summed E-state index contributed by atoms with van der Waals surface area (Å²) in [5.41, 5.74) is 6.50. The second-order valence-corrected chi connectivity index (χ2v) is 4.54. The van der Waals surface area contributed by atoms with Crippen molar-refractivity contribution in [3.8, 4) is 0 Å². The molecule has 0 amide bonds. The molecule has 2 atom stereocenters. The van der Waals surface area contributed by atoms with E-state index in [0.717, 1.165) is 10.0 Å². The molecule has 0 radical (unpaired) electrons. The van der Waals surface area contributed by atoms with Gasteiger partial charge in [0.25, 0.3) is 0 Å². The van der Waals surface area contributed by atoms with Crippen molar-refractivity contribution in [3.63, 3.8) is 0 Å². The van der Waals surface area contributed by atoms with Crippen molar-refractivity contribution in [2.24, 2.45) is 5.73 Å². The zero-order chi connectivity index (χ0) is 12.1. The summed E-state index contributed by atoms with van der Waals surface area (Å²) in [6.45, 7) is 2.23. The van der Waals surface area contributed by atoms with Crippen LogP contribution in [-0.4, -0.2) is 23.7 Å². The first-order valence-electron chi connectivity index (χ1n) is 4.98. The van der Waals surface area contributed by atoms with Gasteiger partial charge in [-0.1, -0.05) is 28.1 Å². The van der Waals surface area contributed by atoms with Crippen LogP contribution in [0.15, 0.2) is 28.7 Å². The summed E-state index contributed by atoms with van der Waals surface area (Å²) in [4.78, 5) is 10.5. The number of hydrogen-bond donors (Lipinski definition) is 3. The normalized spacial score (nSPS) is 14.4. The fourth-order valence-corrected chi connectivity index (χ4v) is 1.52. The van der Waals surface area contributed by atoms with Gasteiger partial charge in [0.05, 0.1) is 0 Å². The number of aliphatic carboxylic acids is 1. The minimum Gasteiger partial charge on any atom is -0.480 e. The molecule has 88 valence electrons. The molecule has 0 aliphatic rings. The van der Waals surface area contributed by atoms with Crippen LogP contribution >= 0.6 is 15.9 Å². The van der Waals surface area contributed by atoms with Crippen LogP contribution in [0.2, 0.25) is 0 Å². The summed E-state index contributed by atoms with van der Waals surface area (Å²) in [6.07, 6.45) is 0. The standard InChI is InChI=1S/C11H15BrN2O2/c1-7(14-6-10(13)11(15)16)8-2-4-9(12)5-3-8/h2-5,7,10,14H,6,13H2,1H3,(H,15,16). The van der Waals surface area contributed by atoms with Crippen LogP contribution in [0.5, 0.6) is 0 Å². The summed E-state index contributed by atoms with van der Waals surface area (Å²) in [5.74, 6) is -0.990. The third-order valence-electron chi connectivity index (χ3n) is 2.33. The Morgan fingerprint density at radius 2 is 2.06 bits per heavy atom. The predicted molar refractivity (Wildman–Crippen MR) is 66.2 cm³/mol. The number of nitrogens with one attached hydrogen (secondary N) is 1. The Morgan fingerprint density at radius 1 is 1.50 bits per heavy atom. The average Bonchev–Trinajstić information content (AvgIpc) is 2.26. The number of carbonyl (C=O) groups is 1. The van der Waals surface area contributed by atoms with Gasteiger partial charge in [0.15, 0.2) is 0 Å². The van der Waals surface area contributed by atoms with Gasteiger partial charge in [-0.2, -0.15) is 0 Å². The molecule has 16 heavy (non-hydrogen) atoms. The second kappa shape index (κ2) is 5.98. The SMILES string of the molecule is CC(NCC(N)C(=O)O)c1ccc(Br)cc1. The molecule has 1 aromatic carbocycles. The monoisotopic (exact) mass is 286 g/mol. The Balaban J connectivity index is 2.49. The second-order valence-electron chi connectivity index (χ2n) is 3.63. The van der Waals surface area contributed by atoms with E-state index >= 15 is 0 Å². The van der Waals surface area contributed by atoms with Gasteiger partial charge in [-0.3, -0.25) is 4.79 Å². The molecule has 0 spiro atoms. The minimum atomic E-state index is -0.990. The average molecular weight is 287 g/mol. The van der Waals surface area contributed by atoms with Crippen LogP contribution in [0.4, 0.5) is 0 Å². The smallest absolute Gasteiger partial charge is 0.321 e. The lowest BCUT2D eigenvalue weighted by atomic mass is 10.1. The van der Waals surface area contributed by atoms with Crippen molar-refractivity contribution in [2.45, 2.75) is 19.0 Å². The first-order valence-corrected chi connectivity index (χ1v) is 5.77. The minimum absolute atomic E-state index is 0.0819. The van der Waals surface area contributed by atoms with Gasteiger partial charge in [-0.25, -0.2) is 0 Å². The van der Waals surface area contributed by atoms with Gasteiger partial charge in [-0.05, 0) is 24.6 Å². The number of halogens is 1. The number of carboxylic acids is 1. The molecule has 0 fully saturated rings. The van der Waals surface area contributed by atoms with Crippen molar-refractivity contribution in [2.75, 3.05) is 6.54 Å². The van der Waals surface area contributed by atoms with Gasteiger partial charge < -0.3 is 16.2 Å². The molecule has 0 saturated heterocycles. The first kappa shape index (κ1) is 13.2. The van der Waals surface area contributed by atoms with Gasteiger partial charge in [0, 0.05) is 17.1 Å². The van der Waals surface area contributed by atoms with Crippen LogP contribution < -0.4 is 11.1 Å². The quantitative estimate of drug-likeness (QED) is 0.767. The fraction of sp³-hybridized carbons (Fsp3) is 0.364. The summed E-state index contributed by atoms with van der Waals surface area (Å²) in [7, 11) is 0. The van der Waals surface area contributed by atoms with Gasteiger partial charge in [0.1, 0.15) is 6.04 Å². The van der Waals surface area contributed by atoms with E-state index in [0.29, 0.717) is 0 Å². The van der Waals surface area contributed by atoms with E-state index in [1.54, 1.807) is 0 Å². The van der Waals surface area contributed by atoms with Crippen LogP contribution in [0, 0.1) is 0 Å². The van der Waals surface area contributed by atoms with Crippen molar-refractivity contribution >= 4 is 21.9 Å². The maximum absolute atomic E-state index is 10.5.